The zero-order chi connectivity index (χ0) is 15.1. The van der Waals surface area contributed by atoms with Gasteiger partial charge in [-0.05, 0) is 12.1 Å². The molecule has 6 nitrogen and oxygen atoms in total. The lowest BCUT2D eigenvalue weighted by molar-refractivity contribution is 0.0845. The lowest BCUT2D eigenvalue weighted by atomic mass is 10.2. The predicted molar refractivity (Wildman–Crippen MR) is 80.4 cm³/mol. The van der Waals surface area contributed by atoms with Gasteiger partial charge < -0.3 is 15.2 Å². The van der Waals surface area contributed by atoms with Crippen LogP contribution in [0.5, 0.6) is 5.75 Å². The van der Waals surface area contributed by atoms with Gasteiger partial charge in [0.1, 0.15) is 5.75 Å². The molecule has 0 saturated carbocycles. The number of hydrogen-bond acceptors (Lipinski definition) is 5. The van der Waals surface area contributed by atoms with Crippen LogP contribution >= 0.6 is 0 Å². The first kappa shape index (κ1) is 15.8. The minimum atomic E-state index is -0.120. The number of β-amino-alcohol motifs (C(OH)–C–C–N with tert-alkyl or cyclic N) is 1. The Balaban J connectivity index is 1.80. The van der Waals surface area contributed by atoms with Gasteiger partial charge in [0.05, 0.1) is 25.9 Å². The van der Waals surface area contributed by atoms with E-state index in [2.05, 4.69) is 15.1 Å². The number of aliphatic hydroxyl groups excluding tert-OH is 1. The highest BCUT2D eigenvalue weighted by atomic mass is 16.5. The van der Waals surface area contributed by atoms with E-state index < -0.39 is 0 Å². The highest BCUT2D eigenvalue weighted by molar-refractivity contribution is 5.96. The number of benzene rings is 1. The van der Waals surface area contributed by atoms with Gasteiger partial charge in [0, 0.05) is 32.7 Å². The summed E-state index contributed by atoms with van der Waals surface area (Å²) >= 11 is 0. The molecule has 0 spiro atoms. The zero-order valence-corrected chi connectivity index (χ0v) is 12.4. The minimum Gasteiger partial charge on any atom is -0.496 e. The second kappa shape index (κ2) is 7.97. The number of nitrogens with one attached hydrogen (secondary N) is 1. The summed E-state index contributed by atoms with van der Waals surface area (Å²) < 4.78 is 5.19. The number of aliphatic hydroxyl groups is 1. The lowest BCUT2D eigenvalue weighted by Crippen LogP contribution is -2.50. The van der Waals surface area contributed by atoms with Crippen LogP contribution in [0.15, 0.2) is 24.3 Å². The van der Waals surface area contributed by atoms with Crippen LogP contribution in [-0.4, -0.2) is 73.9 Å². The summed E-state index contributed by atoms with van der Waals surface area (Å²) in [7, 11) is 1.56. The lowest BCUT2D eigenvalue weighted by Gasteiger charge is -2.34. The summed E-state index contributed by atoms with van der Waals surface area (Å²) in [6.07, 6.45) is 0. The third-order valence-electron chi connectivity index (χ3n) is 3.70. The van der Waals surface area contributed by atoms with Crippen molar-refractivity contribution in [1.82, 2.24) is 15.1 Å². The van der Waals surface area contributed by atoms with Gasteiger partial charge in [0.15, 0.2) is 0 Å². The van der Waals surface area contributed by atoms with E-state index in [0.717, 1.165) is 32.7 Å². The second-order valence-electron chi connectivity index (χ2n) is 5.05. The maximum absolute atomic E-state index is 12.2. The SMILES string of the molecule is COc1ccccc1C(=O)NCN1CCN(CCO)CC1. The van der Waals surface area contributed by atoms with E-state index in [4.69, 9.17) is 9.84 Å². The standard InChI is InChI=1S/C15H23N3O3/c1-21-14-5-3-2-4-13(14)15(20)16-12-18-8-6-17(7-9-18)10-11-19/h2-5,19H,6-12H2,1H3,(H,16,20). The molecule has 1 aromatic carbocycles. The van der Waals surface area contributed by atoms with Crippen molar-refractivity contribution in [3.63, 3.8) is 0 Å². The Labute approximate surface area is 125 Å². The van der Waals surface area contributed by atoms with Crippen molar-refractivity contribution in [2.24, 2.45) is 0 Å². The first-order valence-electron chi connectivity index (χ1n) is 7.21. The number of ether oxygens (including phenoxy) is 1. The molecule has 116 valence electrons. The van der Waals surface area contributed by atoms with Crippen molar-refractivity contribution in [1.29, 1.82) is 0 Å². The van der Waals surface area contributed by atoms with Crippen molar-refractivity contribution in [3.05, 3.63) is 29.8 Å². The summed E-state index contributed by atoms with van der Waals surface area (Å²) in [6.45, 7) is 5.09. The number of piperazine rings is 1. The first-order valence-corrected chi connectivity index (χ1v) is 7.21. The maximum Gasteiger partial charge on any atom is 0.256 e. The molecule has 1 saturated heterocycles. The molecule has 21 heavy (non-hydrogen) atoms. The van der Waals surface area contributed by atoms with Gasteiger partial charge in [-0.2, -0.15) is 0 Å². The topological polar surface area (TPSA) is 65.0 Å². The Morgan fingerprint density at radius 2 is 1.90 bits per heavy atom. The Bertz CT molecular complexity index is 459. The molecule has 1 aliphatic heterocycles. The van der Waals surface area contributed by atoms with E-state index in [1.54, 1.807) is 19.2 Å². The number of rotatable bonds is 6. The first-order chi connectivity index (χ1) is 10.2. The molecule has 6 heteroatoms. The summed E-state index contributed by atoms with van der Waals surface area (Å²) in [5, 5.41) is 11.8. The van der Waals surface area contributed by atoms with E-state index in [-0.39, 0.29) is 12.5 Å². The number of methoxy groups -OCH3 is 1. The average Bonchev–Trinajstić information content (AvgIpc) is 2.54. The average molecular weight is 293 g/mol. The van der Waals surface area contributed by atoms with E-state index >= 15 is 0 Å². The predicted octanol–water partition coefficient (Wildman–Crippen LogP) is -0.00760. The maximum atomic E-state index is 12.2. The van der Waals surface area contributed by atoms with E-state index in [1.165, 1.54) is 0 Å². The van der Waals surface area contributed by atoms with Gasteiger partial charge in [-0.25, -0.2) is 0 Å². The molecule has 1 aliphatic rings. The molecule has 1 amide bonds. The van der Waals surface area contributed by atoms with Crippen molar-refractivity contribution in [2.75, 3.05) is 53.1 Å². The summed E-state index contributed by atoms with van der Waals surface area (Å²) in [6, 6.07) is 7.21. The van der Waals surface area contributed by atoms with Gasteiger partial charge in [0.2, 0.25) is 0 Å². The summed E-state index contributed by atoms with van der Waals surface area (Å²) in [4.78, 5) is 16.6. The number of carbonyl (C=O) groups excluding carboxylic acids is 1. The van der Waals surface area contributed by atoms with Gasteiger partial charge in [-0.1, -0.05) is 12.1 Å². The molecular formula is C15H23N3O3. The fraction of sp³-hybridized carbons (Fsp3) is 0.533. The van der Waals surface area contributed by atoms with Crippen LogP contribution in [-0.2, 0) is 0 Å². The van der Waals surface area contributed by atoms with Crippen LogP contribution in [0, 0.1) is 0 Å². The van der Waals surface area contributed by atoms with Crippen LogP contribution in [0.4, 0.5) is 0 Å². The largest absolute Gasteiger partial charge is 0.496 e. The van der Waals surface area contributed by atoms with Crippen LogP contribution in [0.1, 0.15) is 10.4 Å². The molecule has 0 aliphatic carbocycles. The Kier molecular flexibility index (Phi) is 5.98. The number of amides is 1. The number of para-hydroxylation sites is 1. The molecule has 0 unspecified atom stereocenters. The van der Waals surface area contributed by atoms with Gasteiger partial charge >= 0.3 is 0 Å². The van der Waals surface area contributed by atoms with E-state index in [1.807, 2.05) is 12.1 Å². The van der Waals surface area contributed by atoms with Crippen LogP contribution in [0.2, 0.25) is 0 Å². The van der Waals surface area contributed by atoms with Gasteiger partial charge in [-0.3, -0.25) is 14.6 Å². The molecule has 1 fully saturated rings. The van der Waals surface area contributed by atoms with Crippen LogP contribution in [0.3, 0.4) is 0 Å². The fourth-order valence-corrected chi connectivity index (χ4v) is 2.42. The monoisotopic (exact) mass is 293 g/mol. The molecular weight excluding hydrogens is 270 g/mol. The molecule has 0 radical (unpaired) electrons. The van der Waals surface area contributed by atoms with Crippen LogP contribution in [0.25, 0.3) is 0 Å². The second-order valence-corrected chi connectivity index (χ2v) is 5.05. The summed E-state index contributed by atoms with van der Waals surface area (Å²) in [5.74, 6) is 0.466. The van der Waals surface area contributed by atoms with Crippen molar-refractivity contribution >= 4 is 5.91 Å². The van der Waals surface area contributed by atoms with Crippen molar-refractivity contribution in [3.8, 4) is 5.75 Å². The Morgan fingerprint density at radius 3 is 2.57 bits per heavy atom. The third-order valence-corrected chi connectivity index (χ3v) is 3.70. The van der Waals surface area contributed by atoms with Gasteiger partial charge in [0.25, 0.3) is 5.91 Å². The van der Waals surface area contributed by atoms with Crippen molar-refractivity contribution in [2.45, 2.75) is 0 Å². The van der Waals surface area contributed by atoms with E-state index in [9.17, 15) is 4.79 Å². The molecule has 1 aromatic rings. The molecule has 0 bridgehead atoms. The smallest absolute Gasteiger partial charge is 0.256 e. The molecule has 0 atom stereocenters. The van der Waals surface area contributed by atoms with Crippen LogP contribution < -0.4 is 10.1 Å². The highest BCUT2D eigenvalue weighted by Crippen LogP contribution is 2.16. The highest BCUT2D eigenvalue weighted by Gasteiger charge is 2.17. The molecule has 1 heterocycles. The van der Waals surface area contributed by atoms with Gasteiger partial charge in [-0.15, -0.1) is 0 Å². The Morgan fingerprint density at radius 1 is 1.24 bits per heavy atom. The quantitative estimate of drug-likeness (QED) is 0.772. The fourth-order valence-electron chi connectivity index (χ4n) is 2.42. The normalized spacial score (nSPS) is 16.7. The Hall–Kier alpha value is -1.63. The van der Waals surface area contributed by atoms with Crippen molar-refractivity contribution < 1.29 is 14.6 Å². The minimum absolute atomic E-state index is 0.120. The third kappa shape index (κ3) is 4.42. The molecule has 2 N–H and O–H groups in total. The summed E-state index contributed by atoms with van der Waals surface area (Å²) in [5.41, 5.74) is 0.555. The number of carbonyl (C=O) groups is 1. The number of hydrogen-bond donors (Lipinski definition) is 2. The number of nitrogens with zero attached hydrogens (tertiary/aromatic N) is 2. The molecule has 0 aromatic heterocycles. The van der Waals surface area contributed by atoms with E-state index in [0.29, 0.717) is 18.0 Å². The molecule has 2 rings (SSSR count). The zero-order valence-electron chi connectivity index (χ0n) is 12.4.